The lowest BCUT2D eigenvalue weighted by atomic mass is 9.98. The molecule has 1 saturated heterocycles. The van der Waals surface area contributed by atoms with Gasteiger partial charge < -0.3 is 26.2 Å². The number of carbonyl (C=O) groups excluding carboxylic acids is 2. The molecule has 15 nitrogen and oxygen atoms in total. The zero-order valence-electron chi connectivity index (χ0n) is 18.8. The van der Waals surface area contributed by atoms with E-state index in [1.165, 1.54) is 5.38 Å². The predicted molar refractivity (Wildman–Crippen MR) is 126 cm³/mol. The summed E-state index contributed by atoms with van der Waals surface area (Å²) in [6.07, 6.45) is 0.727. The number of carbonyl (C=O) groups is 2. The van der Waals surface area contributed by atoms with Crippen molar-refractivity contribution in [3.05, 3.63) is 51.9 Å². The van der Waals surface area contributed by atoms with Crippen molar-refractivity contribution in [1.29, 1.82) is 0 Å². The maximum Gasteiger partial charge on any atom is 0.362 e. The van der Waals surface area contributed by atoms with Crippen molar-refractivity contribution < 1.29 is 37.7 Å². The van der Waals surface area contributed by atoms with Crippen molar-refractivity contribution in [3.63, 3.8) is 0 Å². The second-order valence-corrected chi connectivity index (χ2v) is 10.0. The van der Waals surface area contributed by atoms with Gasteiger partial charge in [-0.25, -0.2) is 9.29 Å². The summed E-state index contributed by atoms with van der Waals surface area (Å²) in [5.41, 5.74) is 4.27. The first-order valence-corrected chi connectivity index (χ1v) is 12.4. The second kappa shape index (κ2) is 9.96. The Morgan fingerprint density at radius 2 is 2.08 bits per heavy atom. The number of nitrogens with two attached hydrogens (primary N) is 1. The molecule has 1 aliphatic heterocycles. The molecule has 1 aliphatic rings. The molecule has 194 valence electrons. The summed E-state index contributed by atoms with van der Waals surface area (Å²) in [6.45, 7) is 6.75. The van der Waals surface area contributed by atoms with Gasteiger partial charge in [-0.2, -0.15) is 13.1 Å². The van der Waals surface area contributed by atoms with Gasteiger partial charge in [0.25, 0.3) is 11.8 Å². The minimum Gasteiger partial charge on any atom is -0.503 e. The lowest BCUT2D eigenvalue weighted by Crippen LogP contribution is -2.71. The Kier molecular flexibility index (Phi) is 7.37. The molecule has 3 atom stereocenters. The standard InChI is InChI=1S/C19H22N6O9S2/c1-4-10-15(18(29)25(10)36(31,32)33)22-17(28)14(9-7-35-19(20)21-9)23-34-16(8(2)3)11-5-12(26)13(27)6-24(11)30/h4-8,10,15-16,27,30H,1H2,2-3H3,(H2,20,21)(H,22,28)(H,31,32,33)/b23-14-/t10?,15-,16?/m0/s1. The average molecular weight is 543 g/mol. The third-order valence-corrected chi connectivity index (χ3v) is 6.64. The highest BCUT2D eigenvalue weighted by Crippen LogP contribution is 2.27. The van der Waals surface area contributed by atoms with Gasteiger partial charge in [0, 0.05) is 11.4 Å². The van der Waals surface area contributed by atoms with Crippen LogP contribution in [0.4, 0.5) is 5.13 Å². The summed E-state index contributed by atoms with van der Waals surface area (Å²) in [6, 6.07) is -1.72. The van der Waals surface area contributed by atoms with Gasteiger partial charge in [0.15, 0.2) is 22.7 Å². The molecular formula is C19H22N6O9S2. The van der Waals surface area contributed by atoms with Gasteiger partial charge in [0.05, 0.1) is 12.2 Å². The molecule has 0 saturated carbocycles. The lowest BCUT2D eigenvalue weighted by Gasteiger charge is -2.42. The number of anilines is 1. The number of nitrogen functional groups attached to an aromatic ring is 1. The number of β-lactam (4-membered cyclic amide) rings is 1. The first-order chi connectivity index (χ1) is 16.8. The molecule has 6 N–H and O–H groups in total. The fraction of sp³-hybridized carbons (Fsp3) is 0.316. The summed E-state index contributed by atoms with van der Waals surface area (Å²) >= 11 is 0.974. The maximum absolute atomic E-state index is 13.1. The minimum absolute atomic E-state index is 0.0434. The normalized spacial score (nSPS) is 19.1. The molecule has 36 heavy (non-hydrogen) atoms. The summed E-state index contributed by atoms with van der Waals surface area (Å²) in [5.74, 6) is -3.23. The Balaban J connectivity index is 1.94. The summed E-state index contributed by atoms with van der Waals surface area (Å²) < 4.78 is 32.6. The Bertz CT molecular complexity index is 1400. The van der Waals surface area contributed by atoms with E-state index in [4.69, 9.17) is 10.6 Å². The van der Waals surface area contributed by atoms with Crippen LogP contribution in [0.1, 0.15) is 31.3 Å². The summed E-state index contributed by atoms with van der Waals surface area (Å²) in [5, 5.41) is 27.2. The molecule has 0 spiro atoms. The average Bonchev–Trinajstić information content (AvgIpc) is 3.20. The van der Waals surface area contributed by atoms with E-state index in [0.717, 1.165) is 29.7 Å². The van der Waals surface area contributed by atoms with Gasteiger partial charge in [-0.3, -0.25) is 18.9 Å². The quantitative estimate of drug-likeness (QED) is 0.0686. The van der Waals surface area contributed by atoms with E-state index >= 15 is 0 Å². The van der Waals surface area contributed by atoms with Gasteiger partial charge in [-0.1, -0.05) is 25.1 Å². The number of aromatic hydroxyl groups is 1. The smallest absolute Gasteiger partial charge is 0.362 e. The molecule has 2 unspecified atom stereocenters. The zero-order valence-corrected chi connectivity index (χ0v) is 20.4. The van der Waals surface area contributed by atoms with E-state index in [1.807, 2.05) is 0 Å². The van der Waals surface area contributed by atoms with E-state index < -0.39 is 63.1 Å². The van der Waals surface area contributed by atoms with Crippen LogP contribution in [0.15, 0.2) is 40.2 Å². The first-order valence-electron chi connectivity index (χ1n) is 10.1. The molecule has 0 radical (unpaired) electrons. The largest absolute Gasteiger partial charge is 0.503 e. The fourth-order valence-electron chi connectivity index (χ4n) is 3.31. The van der Waals surface area contributed by atoms with Gasteiger partial charge in [0.1, 0.15) is 17.4 Å². The van der Waals surface area contributed by atoms with E-state index in [9.17, 15) is 37.7 Å². The molecule has 0 aliphatic carbocycles. The molecule has 1 fully saturated rings. The number of aromatic nitrogens is 2. The molecule has 2 aromatic heterocycles. The Morgan fingerprint density at radius 1 is 1.42 bits per heavy atom. The third kappa shape index (κ3) is 5.16. The highest BCUT2D eigenvalue weighted by atomic mass is 32.2. The molecule has 2 amide bonds. The Morgan fingerprint density at radius 3 is 2.61 bits per heavy atom. The van der Waals surface area contributed by atoms with E-state index in [0.29, 0.717) is 4.73 Å². The SMILES string of the molecule is C=CC1[C@H](NC(=O)/C(=N\OC(c2cc(=O)c(O)cn2O)C(C)C)c2csc(N)n2)C(=O)N1S(=O)(=O)O. The van der Waals surface area contributed by atoms with Crippen LogP contribution >= 0.6 is 11.3 Å². The number of hydrogen-bond acceptors (Lipinski definition) is 12. The summed E-state index contributed by atoms with van der Waals surface area (Å²) in [4.78, 5) is 46.7. The van der Waals surface area contributed by atoms with Crippen LogP contribution in [0, 0.1) is 5.92 Å². The van der Waals surface area contributed by atoms with Crippen molar-refractivity contribution in [2.24, 2.45) is 11.1 Å². The molecule has 3 heterocycles. The third-order valence-electron chi connectivity index (χ3n) is 5.05. The highest BCUT2D eigenvalue weighted by Gasteiger charge is 2.52. The van der Waals surface area contributed by atoms with Crippen LogP contribution < -0.4 is 16.5 Å². The van der Waals surface area contributed by atoms with Crippen molar-refractivity contribution in [1.82, 2.24) is 19.3 Å². The highest BCUT2D eigenvalue weighted by molar-refractivity contribution is 7.84. The fourth-order valence-corrected chi connectivity index (χ4v) is 4.71. The number of nitrogens with one attached hydrogen (secondary N) is 1. The van der Waals surface area contributed by atoms with Gasteiger partial charge in [0.2, 0.25) is 5.43 Å². The molecule has 0 aromatic carbocycles. The molecule has 3 rings (SSSR count). The van der Waals surface area contributed by atoms with Gasteiger partial charge >= 0.3 is 10.3 Å². The van der Waals surface area contributed by atoms with Crippen LogP contribution in [0.5, 0.6) is 5.75 Å². The Hall–Kier alpha value is -3.96. The molecule has 0 bridgehead atoms. The van der Waals surface area contributed by atoms with E-state index in [1.54, 1.807) is 13.8 Å². The molecule has 17 heteroatoms. The number of oxime groups is 1. The number of thiazole rings is 1. The number of nitrogens with zero attached hydrogens (tertiary/aromatic N) is 4. The number of hydrogen-bond donors (Lipinski definition) is 5. The predicted octanol–water partition coefficient (Wildman–Crippen LogP) is -0.368. The van der Waals surface area contributed by atoms with Crippen LogP contribution in [-0.4, -0.2) is 66.9 Å². The van der Waals surface area contributed by atoms with Crippen molar-refractivity contribution in [3.8, 4) is 5.75 Å². The van der Waals surface area contributed by atoms with Gasteiger partial charge in [-0.05, 0) is 5.92 Å². The summed E-state index contributed by atoms with van der Waals surface area (Å²) in [7, 11) is -4.88. The maximum atomic E-state index is 13.1. The van der Waals surface area contributed by atoms with Crippen LogP contribution in [0.25, 0.3) is 0 Å². The Labute approximate surface area is 208 Å². The van der Waals surface area contributed by atoms with Crippen molar-refractivity contribution >= 4 is 44.3 Å². The van der Waals surface area contributed by atoms with Crippen LogP contribution in [0.3, 0.4) is 0 Å². The van der Waals surface area contributed by atoms with Gasteiger partial charge in [-0.15, -0.1) is 17.9 Å². The second-order valence-electron chi connectivity index (χ2n) is 7.86. The lowest BCUT2D eigenvalue weighted by molar-refractivity contribution is -0.142. The zero-order chi connectivity index (χ0) is 26.9. The minimum atomic E-state index is -4.88. The van der Waals surface area contributed by atoms with E-state index in [2.05, 4.69) is 22.0 Å². The van der Waals surface area contributed by atoms with Crippen molar-refractivity contribution in [2.75, 3.05) is 5.73 Å². The van der Waals surface area contributed by atoms with Crippen molar-refractivity contribution in [2.45, 2.75) is 32.0 Å². The topological polar surface area (TPSA) is 227 Å². The molecule has 2 aromatic rings. The first kappa shape index (κ1) is 26.6. The monoisotopic (exact) mass is 542 g/mol. The van der Waals surface area contributed by atoms with Crippen LogP contribution in [0.2, 0.25) is 0 Å². The number of pyridine rings is 1. The number of amides is 2. The van der Waals surface area contributed by atoms with E-state index in [-0.39, 0.29) is 20.8 Å². The van der Waals surface area contributed by atoms with Crippen LogP contribution in [-0.2, 0) is 24.7 Å². The molecular weight excluding hydrogens is 520 g/mol. The number of rotatable bonds is 9.